The molecule has 0 bridgehead atoms. The molecule has 1 amide bonds. The third kappa shape index (κ3) is 4.30. The highest BCUT2D eigenvalue weighted by molar-refractivity contribution is 9.10. The minimum Gasteiger partial charge on any atom is -0.339 e. The Kier molecular flexibility index (Phi) is 6.24. The number of nitrogens with two attached hydrogens (primary N) is 1. The molecule has 1 aromatic rings. The third-order valence-corrected chi connectivity index (χ3v) is 4.97. The van der Waals surface area contributed by atoms with Crippen LogP contribution >= 0.6 is 15.9 Å². The highest BCUT2D eigenvalue weighted by Gasteiger charge is 2.31. The van der Waals surface area contributed by atoms with Gasteiger partial charge in [0.1, 0.15) is 0 Å². The fourth-order valence-electron chi connectivity index (χ4n) is 3.39. The van der Waals surface area contributed by atoms with Gasteiger partial charge in [-0.1, -0.05) is 40.9 Å². The molecule has 3 nitrogen and oxygen atoms in total. The van der Waals surface area contributed by atoms with E-state index in [1.165, 1.54) is 12.8 Å². The zero-order valence-electron chi connectivity index (χ0n) is 12.7. The minimum atomic E-state index is 0.223. The van der Waals surface area contributed by atoms with Crippen LogP contribution in [0.3, 0.4) is 0 Å². The summed E-state index contributed by atoms with van der Waals surface area (Å²) in [6.07, 6.45) is 5.18. The van der Waals surface area contributed by atoms with E-state index in [4.69, 9.17) is 5.73 Å². The number of likely N-dealkylation sites (N-methyl/N-ethyl adjacent to an activating group) is 1. The van der Waals surface area contributed by atoms with Gasteiger partial charge in [-0.25, -0.2) is 0 Å². The van der Waals surface area contributed by atoms with Crippen molar-refractivity contribution in [2.75, 3.05) is 13.1 Å². The van der Waals surface area contributed by atoms with E-state index in [0.29, 0.717) is 24.9 Å². The summed E-state index contributed by atoms with van der Waals surface area (Å²) in [6, 6.07) is 8.32. The van der Waals surface area contributed by atoms with Crippen LogP contribution in [0.15, 0.2) is 28.7 Å². The van der Waals surface area contributed by atoms with Gasteiger partial charge in [0.05, 0.1) is 6.42 Å². The number of benzene rings is 1. The van der Waals surface area contributed by atoms with Crippen LogP contribution in [0.25, 0.3) is 0 Å². The van der Waals surface area contributed by atoms with Crippen molar-refractivity contribution in [3.05, 3.63) is 34.3 Å². The molecule has 2 N–H and O–H groups in total. The standard InChI is InChI=1S/C17H25BrN2O/c1-2-20(16-9-4-3-7-14(16)12-19)17(21)11-13-6-5-8-15(18)10-13/h5-6,8,10,14,16H,2-4,7,9,11-12,19H2,1H3. The average molecular weight is 353 g/mol. The van der Waals surface area contributed by atoms with Gasteiger partial charge < -0.3 is 10.6 Å². The smallest absolute Gasteiger partial charge is 0.227 e. The molecular formula is C17H25BrN2O. The predicted octanol–water partition coefficient (Wildman–Crippen LogP) is 3.36. The lowest BCUT2D eigenvalue weighted by Crippen LogP contribution is -2.48. The Balaban J connectivity index is 2.07. The number of nitrogens with zero attached hydrogens (tertiary/aromatic N) is 1. The fourth-order valence-corrected chi connectivity index (χ4v) is 3.84. The van der Waals surface area contributed by atoms with E-state index >= 15 is 0 Å². The molecule has 116 valence electrons. The Morgan fingerprint density at radius 2 is 2.14 bits per heavy atom. The monoisotopic (exact) mass is 352 g/mol. The lowest BCUT2D eigenvalue weighted by molar-refractivity contribution is -0.134. The molecule has 21 heavy (non-hydrogen) atoms. The maximum atomic E-state index is 12.7. The topological polar surface area (TPSA) is 46.3 Å². The van der Waals surface area contributed by atoms with E-state index in [-0.39, 0.29) is 5.91 Å². The molecule has 0 aliphatic heterocycles. The Hall–Kier alpha value is -0.870. The lowest BCUT2D eigenvalue weighted by Gasteiger charge is -2.39. The number of hydrogen-bond acceptors (Lipinski definition) is 2. The van der Waals surface area contributed by atoms with E-state index in [1.54, 1.807) is 0 Å². The van der Waals surface area contributed by atoms with Gasteiger partial charge in [-0.2, -0.15) is 0 Å². The first-order chi connectivity index (χ1) is 10.2. The van der Waals surface area contributed by atoms with Gasteiger partial charge in [0, 0.05) is 17.1 Å². The number of carbonyl (C=O) groups is 1. The Morgan fingerprint density at radius 1 is 1.38 bits per heavy atom. The Labute approximate surface area is 136 Å². The second-order valence-electron chi connectivity index (χ2n) is 5.83. The highest BCUT2D eigenvalue weighted by Crippen LogP contribution is 2.28. The predicted molar refractivity (Wildman–Crippen MR) is 90.0 cm³/mol. The van der Waals surface area contributed by atoms with Crippen molar-refractivity contribution in [1.29, 1.82) is 0 Å². The first-order valence-electron chi connectivity index (χ1n) is 7.89. The van der Waals surface area contributed by atoms with Crippen molar-refractivity contribution >= 4 is 21.8 Å². The molecule has 2 rings (SSSR count). The summed E-state index contributed by atoms with van der Waals surface area (Å²) in [4.78, 5) is 14.7. The van der Waals surface area contributed by atoms with Gasteiger partial charge in [0.15, 0.2) is 0 Å². The zero-order valence-corrected chi connectivity index (χ0v) is 14.3. The maximum absolute atomic E-state index is 12.7. The second-order valence-corrected chi connectivity index (χ2v) is 6.75. The van der Waals surface area contributed by atoms with Crippen molar-refractivity contribution in [1.82, 2.24) is 4.90 Å². The fraction of sp³-hybridized carbons (Fsp3) is 0.588. The highest BCUT2D eigenvalue weighted by atomic mass is 79.9. The number of hydrogen-bond donors (Lipinski definition) is 1. The van der Waals surface area contributed by atoms with E-state index in [1.807, 2.05) is 24.3 Å². The number of rotatable bonds is 5. The summed E-state index contributed by atoms with van der Waals surface area (Å²) in [7, 11) is 0. The van der Waals surface area contributed by atoms with E-state index < -0.39 is 0 Å². The summed E-state index contributed by atoms with van der Waals surface area (Å²) in [5, 5.41) is 0. The molecule has 1 fully saturated rings. The third-order valence-electron chi connectivity index (χ3n) is 4.48. The molecule has 0 radical (unpaired) electrons. The van der Waals surface area contributed by atoms with Gasteiger partial charge in [-0.05, 0) is 49.9 Å². The summed E-state index contributed by atoms with van der Waals surface area (Å²) in [6.45, 7) is 3.53. The van der Waals surface area contributed by atoms with Crippen LogP contribution in [0.4, 0.5) is 0 Å². The zero-order chi connectivity index (χ0) is 15.2. The second kappa shape index (κ2) is 7.95. The van der Waals surface area contributed by atoms with Crippen LogP contribution in [0.2, 0.25) is 0 Å². The van der Waals surface area contributed by atoms with Crippen molar-refractivity contribution in [3.63, 3.8) is 0 Å². The molecule has 2 unspecified atom stereocenters. The Bertz CT molecular complexity index is 478. The van der Waals surface area contributed by atoms with Crippen LogP contribution < -0.4 is 5.73 Å². The number of carbonyl (C=O) groups excluding carboxylic acids is 1. The molecule has 1 aliphatic carbocycles. The molecule has 0 spiro atoms. The molecule has 0 aromatic heterocycles. The van der Waals surface area contributed by atoms with Gasteiger partial charge in [0.25, 0.3) is 0 Å². The van der Waals surface area contributed by atoms with Crippen LogP contribution in [0, 0.1) is 5.92 Å². The summed E-state index contributed by atoms with van der Waals surface area (Å²) in [5.74, 6) is 0.686. The SMILES string of the molecule is CCN(C(=O)Cc1cccc(Br)c1)C1CCCCC1CN. The van der Waals surface area contributed by atoms with Crippen LogP contribution in [0.5, 0.6) is 0 Å². The van der Waals surface area contributed by atoms with Crippen LogP contribution in [-0.4, -0.2) is 29.9 Å². The van der Waals surface area contributed by atoms with Crippen LogP contribution in [0.1, 0.15) is 38.2 Å². The first-order valence-corrected chi connectivity index (χ1v) is 8.69. The van der Waals surface area contributed by atoms with E-state index in [9.17, 15) is 4.79 Å². The number of halogens is 1. The molecule has 2 atom stereocenters. The first kappa shape index (κ1) is 16.5. The van der Waals surface area contributed by atoms with E-state index in [2.05, 4.69) is 27.8 Å². The largest absolute Gasteiger partial charge is 0.339 e. The molecule has 0 saturated heterocycles. The van der Waals surface area contributed by atoms with Gasteiger partial charge in [0.2, 0.25) is 5.91 Å². The average Bonchev–Trinajstić information content (AvgIpc) is 2.48. The molecule has 1 saturated carbocycles. The van der Waals surface area contributed by atoms with Gasteiger partial charge >= 0.3 is 0 Å². The maximum Gasteiger partial charge on any atom is 0.227 e. The number of amides is 1. The summed E-state index contributed by atoms with van der Waals surface area (Å²) in [5.41, 5.74) is 6.98. The Morgan fingerprint density at radius 3 is 2.81 bits per heavy atom. The molecular weight excluding hydrogens is 328 g/mol. The van der Waals surface area contributed by atoms with Crippen molar-refractivity contribution in [2.24, 2.45) is 11.7 Å². The van der Waals surface area contributed by atoms with E-state index in [0.717, 1.165) is 29.4 Å². The molecule has 1 aliphatic rings. The quantitative estimate of drug-likeness (QED) is 0.882. The van der Waals surface area contributed by atoms with Crippen molar-refractivity contribution < 1.29 is 4.79 Å². The minimum absolute atomic E-state index is 0.223. The van der Waals surface area contributed by atoms with Crippen molar-refractivity contribution in [3.8, 4) is 0 Å². The van der Waals surface area contributed by atoms with Crippen molar-refractivity contribution in [2.45, 2.75) is 45.1 Å². The molecule has 1 aromatic carbocycles. The molecule has 0 heterocycles. The van der Waals surface area contributed by atoms with Gasteiger partial charge in [-0.15, -0.1) is 0 Å². The molecule has 4 heteroatoms. The lowest BCUT2D eigenvalue weighted by atomic mass is 9.83. The summed E-state index contributed by atoms with van der Waals surface area (Å²) < 4.78 is 1.02. The summed E-state index contributed by atoms with van der Waals surface area (Å²) >= 11 is 3.46. The van der Waals surface area contributed by atoms with Crippen LogP contribution in [-0.2, 0) is 11.2 Å². The van der Waals surface area contributed by atoms with Gasteiger partial charge in [-0.3, -0.25) is 4.79 Å². The normalized spacial score (nSPS) is 22.0.